The third-order valence-corrected chi connectivity index (χ3v) is 10.1. The van der Waals surface area contributed by atoms with Crippen LogP contribution in [0.25, 0.3) is 0 Å². The number of allylic oxidation sites excluding steroid dienone is 1. The number of hydrogen-bond acceptors (Lipinski definition) is 2. The van der Waals surface area contributed by atoms with Crippen molar-refractivity contribution in [3.8, 4) is 0 Å². The third-order valence-electron chi connectivity index (χ3n) is 10.1. The van der Waals surface area contributed by atoms with Gasteiger partial charge in [0.2, 0.25) is 0 Å². The number of hydrogen-bond donors (Lipinski definition) is 2. The lowest BCUT2D eigenvalue weighted by Crippen LogP contribution is -2.37. The van der Waals surface area contributed by atoms with Gasteiger partial charge in [-0.15, -0.1) is 0 Å². The lowest BCUT2D eigenvalue weighted by atomic mass is 9.61. The summed E-state index contributed by atoms with van der Waals surface area (Å²) in [5, 5.41) is 20.3. The van der Waals surface area contributed by atoms with Gasteiger partial charge in [-0.25, -0.2) is 0 Å². The highest BCUT2D eigenvalue weighted by atomic mass is 19.4. The van der Waals surface area contributed by atoms with Crippen LogP contribution in [0.5, 0.6) is 0 Å². The number of fused-ring (bicyclic) bond motifs is 2. The Hall–Kier alpha value is -0.550. The Balaban J connectivity index is 1.67. The monoisotopic (exact) mass is 472 g/mol. The van der Waals surface area contributed by atoms with Crippen molar-refractivity contribution < 1.29 is 23.4 Å². The van der Waals surface area contributed by atoms with E-state index in [1.165, 1.54) is 37.7 Å². The van der Waals surface area contributed by atoms with Gasteiger partial charge in [-0.3, -0.25) is 0 Å². The summed E-state index contributed by atoms with van der Waals surface area (Å²) in [6.07, 6.45) is 7.50. The summed E-state index contributed by atoms with van der Waals surface area (Å²) in [5.41, 5.74) is 1.22. The first-order chi connectivity index (χ1) is 15.4. The quantitative estimate of drug-likeness (QED) is 0.387. The van der Waals surface area contributed by atoms with Gasteiger partial charge >= 0.3 is 6.18 Å². The average Bonchev–Trinajstić information content (AvgIpc) is 3.09. The minimum Gasteiger partial charge on any atom is -0.390 e. The minimum absolute atomic E-state index is 0.184. The summed E-state index contributed by atoms with van der Waals surface area (Å²) in [6, 6.07) is 0. The van der Waals surface area contributed by atoms with Crippen LogP contribution in [0.3, 0.4) is 0 Å². The van der Waals surface area contributed by atoms with Crippen molar-refractivity contribution >= 4 is 0 Å². The van der Waals surface area contributed by atoms with E-state index in [9.17, 15) is 23.4 Å². The zero-order chi connectivity index (χ0) is 24.4. The molecule has 3 rings (SSSR count). The number of aliphatic hydroxyl groups excluding tert-OH is 1. The molecule has 3 aliphatic rings. The molecule has 192 valence electrons. The first-order valence-electron chi connectivity index (χ1n) is 13.6. The molecule has 0 aromatic rings. The van der Waals surface area contributed by atoms with Gasteiger partial charge in [-0.2, -0.15) is 13.2 Å². The standard InChI is InChI=1S/C28H47F3O2/c1-5-27(33)17-15-21-9-7-16-26(4)23(19(2)8-6-10-25(32)28(29,30)31)13-14-24(26)20(3)11-12-22(21)18-27/h12,19-21,23-25,32-33H,5-11,13-18H2,1-4H3/b22-12-/t19-,20+,21+,23-,24+,25+,26-,27+/m1/s1. The molecule has 0 bridgehead atoms. The molecule has 0 unspecified atom stereocenters. The second kappa shape index (κ2) is 10.6. The normalized spacial score (nSPS) is 41.4. The lowest BCUT2D eigenvalue weighted by molar-refractivity contribution is -0.205. The molecule has 2 saturated carbocycles. The van der Waals surface area contributed by atoms with E-state index in [1.807, 2.05) is 0 Å². The second-order valence-electron chi connectivity index (χ2n) is 12.1. The molecule has 3 aliphatic carbocycles. The van der Waals surface area contributed by atoms with E-state index in [1.54, 1.807) is 0 Å². The first-order valence-corrected chi connectivity index (χ1v) is 13.6. The van der Waals surface area contributed by atoms with Crippen molar-refractivity contribution in [3.63, 3.8) is 0 Å². The fourth-order valence-electron chi connectivity index (χ4n) is 7.87. The molecule has 8 atom stereocenters. The maximum Gasteiger partial charge on any atom is 0.414 e. The van der Waals surface area contributed by atoms with Crippen LogP contribution in [0, 0.1) is 35.0 Å². The molecule has 0 heterocycles. The maximum absolute atomic E-state index is 12.7. The van der Waals surface area contributed by atoms with Gasteiger partial charge in [-0.05, 0) is 99.2 Å². The number of alkyl halides is 3. The van der Waals surface area contributed by atoms with Gasteiger partial charge in [0.05, 0.1) is 5.60 Å². The summed E-state index contributed by atoms with van der Waals surface area (Å²) in [6.45, 7) is 9.18. The Morgan fingerprint density at radius 3 is 2.52 bits per heavy atom. The van der Waals surface area contributed by atoms with Gasteiger partial charge < -0.3 is 10.2 Å². The van der Waals surface area contributed by atoms with Gasteiger partial charge in [0.1, 0.15) is 6.10 Å². The van der Waals surface area contributed by atoms with E-state index in [2.05, 4.69) is 33.8 Å². The molecule has 2 nitrogen and oxygen atoms in total. The molecule has 0 saturated heterocycles. The SMILES string of the molecule is CC[C@]1(O)CC[C@@H]2CCC[C@]3(C)[C@@H]([C@H](C)CCC[C@H](O)C(F)(F)F)CC[C@H]3[C@@H](C)C/C=C\2C1. The highest BCUT2D eigenvalue weighted by Gasteiger charge is 2.50. The van der Waals surface area contributed by atoms with E-state index in [-0.39, 0.29) is 11.8 Å². The Labute approximate surface area is 199 Å². The lowest BCUT2D eigenvalue weighted by Gasteiger charge is -2.44. The number of halogens is 3. The molecule has 0 aromatic carbocycles. The number of aliphatic hydroxyl groups is 2. The van der Waals surface area contributed by atoms with Crippen molar-refractivity contribution in [1.82, 2.24) is 0 Å². The van der Waals surface area contributed by atoms with Gasteiger partial charge in [0, 0.05) is 0 Å². The highest BCUT2D eigenvalue weighted by molar-refractivity contribution is 5.16. The Bertz CT molecular complexity index is 675. The predicted octanol–water partition coefficient (Wildman–Crippen LogP) is 7.83. The Morgan fingerprint density at radius 1 is 1.12 bits per heavy atom. The van der Waals surface area contributed by atoms with Crippen molar-refractivity contribution in [2.24, 2.45) is 35.0 Å². The molecular weight excluding hydrogens is 425 g/mol. The fraction of sp³-hybridized carbons (Fsp3) is 0.929. The van der Waals surface area contributed by atoms with Crippen molar-refractivity contribution in [2.45, 2.75) is 129 Å². The fourth-order valence-corrected chi connectivity index (χ4v) is 7.87. The summed E-state index contributed by atoms with van der Waals surface area (Å²) < 4.78 is 38.0. The molecule has 5 heteroatoms. The highest BCUT2D eigenvalue weighted by Crippen LogP contribution is 2.58. The smallest absolute Gasteiger partial charge is 0.390 e. The van der Waals surface area contributed by atoms with Gasteiger partial charge in [0.25, 0.3) is 0 Å². The average molecular weight is 473 g/mol. The molecule has 0 aliphatic heterocycles. The molecule has 0 aromatic heterocycles. The van der Waals surface area contributed by atoms with Crippen LogP contribution >= 0.6 is 0 Å². The third kappa shape index (κ3) is 6.18. The molecule has 2 fully saturated rings. The van der Waals surface area contributed by atoms with Crippen molar-refractivity contribution in [1.29, 1.82) is 0 Å². The Kier molecular flexibility index (Phi) is 8.69. The predicted molar refractivity (Wildman–Crippen MR) is 128 cm³/mol. The maximum atomic E-state index is 12.7. The van der Waals surface area contributed by atoms with E-state index in [0.717, 1.165) is 38.5 Å². The Morgan fingerprint density at radius 2 is 1.85 bits per heavy atom. The second-order valence-corrected chi connectivity index (χ2v) is 12.1. The van der Waals surface area contributed by atoms with Gasteiger partial charge in [-0.1, -0.05) is 58.6 Å². The zero-order valence-electron chi connectivity index (χ0n) is 21.3. The molecule has 2 N–H and O–H groups in total. The van der Waals surface area contributed by atoms with Crippen LogP contribution in [0.15, 0.2) is 11.6 Å². The van der Waals surface area contributed by atoms with E-state index >= 15 is 0 Å². The molecule has 0 radical (unpaired) electrons. The molecular formula is C28H47F3O2. The van der Waals surface area contributed by atoms with Crippen LogP contribution in [0.2, 0.25) is 0 Å². The van der Waals surface area contributed by atoms with Crippen molar-refractivity contribution in [3.05, 3.63) is 11.6 Å². The molecule has 33 heavy (non-hydrogen) atoms. The van der Waals surface area contributed by atoms with E-state index in [0.29, 0.717) is 36.0 Å². The van der Waals surface area contributed by atoms with Crippen LogP contribution in [0.1, 0.15) is 111 Å². The largest absolute Gasteiger partial charge is 0.414 e. The summed E-state index contributed by atoms with van der Waals surface area (Å²) in [5.74, 6) is 2.77. The molecule has 0 spiro atoms. The first kappa shape index (κ1) is 27.0. The minimum atomic E-state index is -4.50. The van der Waals surface area contributed by atoms with Crippen LogP contribution in [0.4, 0.5) is 13.2 Å². The number of rotatable bonds is 6. The van der Waals surface area contributed by atoms with Crippen LogP contribution in [-0.4, -0.2) is 28.1 Å². The summed E-state index contributed by atoms with van der Waals surface area (Å²) in [4.78, 5) is 0. The summed E-state index contributed by atoms with van der Waals surface area (Å²) in [7, 11) is 0. The zero-order valence-corrected chi connectivity index (χ0v) is 21.3. The van der Waals surface area contributed by atoms with Crippen molar-refractivity contribution in [2.75, 3.05) is 0 Å². The van der Waals surface area contributed by atoms with Crippen LogP contribution in [-0.2, 0) is 0 Å². The van der Waals surface area contributed by atoms with E-state index < -0.39 is 17.9 Å². The topological polar surface area (TPSA) is 40.5 Å². The van der Waals surface area contributed by atoms with Gasteiger partial charge in [0.15, 0.2) is 0 Å². The van der Waals surface area contributed by atoms with E-state index in [4.69, 9.17) is 0 Å². The molecule has 0 amide bonds. The van der Waals surface area contributed by atoms with Crippen LogP contribution < -0.4 is 0 Å². The summed E-state index contributed by atoms with van der Waals surface area (Å²) >= 11 is 0.